The Morgan fingerprint density at radius 2 is 2.26 bits per heavy atom. The molecule has 0 saturated carbocycles. The number of aromatic nitrogens is 5. The molecule has 3 aromatic heterocycles. The molecule has 0 aromatic carbocycles. The maximum absolute atomic E-state index is 5.68. The highest BCUT2D eigenvalue weighted by molar-refractivity contribution is 7.09. The lowest BCUT2D eigenvalue weighted by atomic mass is 10.5. The molecule has 7 nitrogen and oxygen atoms in total. The van der Waals surface area contributed by atoms with Crippen LogP contribution in [0.25, 0.3) is 5.95 Å². The number of nitrogens with two attached hydrogens (primary N) is 1. The van der Waals surface area contributed by atoms with Crippen LogP contribution in [0.4, 0.5) is 11.9 Å². The van der Waals surface area contributed by atoms with Gasteiger partial charge in [0.15, 0.2) is 0 Å². The van der Waals surface area contributed by atoms with Crippen LogP contribution in [0, 0.1) is 0 Å². The van der Waals surface area contributed by atoms with E-state index in [1.54, 1.807) is 34.6 Å². The van der Waals surface area contributed by atoms with Crippen molar-refractivity contribution in [2.75, 3.05) is 11.1 Å². The predicted molar refractivity (Wildman–Crippen MR) is 73.0 cm³/mol. The summed E-state index contributed by atoms with van der Waals surface area (Å²) in [5.74, 6) is 1.07. The van der Waals surface area contributed by atoms with Gasteiger partial charge in [0.25, 0.3) is 0 Å². The molecule has 8 heteroatoms. The number of rotatable bonds is 4. The second-order valence-corrected chi connectivity index (χ2v) is 4.75. The van der Waals surface area contributed by atoms with E-state index in [2.05, 4.69) is 25.3 Å². The van der Waals surface area contributed by atoms with E-state index in [-0.39, 0.29) is 5.95 Å². The van der Waals surface area contributed by atoms with Gasteiger partial charge in [-0.15, -0.1) is 11.3 Å². The number of nitrogens with zero attached hydrogens (tertiary/aromatic N) is 5. The molecule has 0 aliphatic rings. The second-order valence-electron chi connectivity index (χ2n) is 3.72. The Hall–Kier alpha value is -2.48. The Balaban J connectivity index is 1.82. The third-order valence-corrected chi connectivity index (χ3v) is 3.25. The highest BCUT2D eigenvalue weighted by Gasteiger charge is 2.06. The Morgan fingerprint density at radius 3 is 3.00 bits per heavy atom. The lowest BCUT2D eigenvalue weighted by molar-refractivity contribution is 0.897. The van der Waals surface area contributed by atoms with Crippen molar-refractivity contribution in [3.63, 3.8) is 0 Å². The van der Waals surface area contributed by atoms with Crippen LogP contribution in [0.3, 0.4) is 0 Å². The van der Waals surface area contributed by atoms with Gasteiger partial charge in [-0.2, -0.15) is 15.0 Å². The summed E-state index contributed by atoms with van der Waals surface area (Å²) >= 11 is 1.67. The van der Waals surface area contributed by atoms with E-state index in [1.807, 2.05) is 17.5 Å². The van der Waals surface area contributed by atoms with Crippen LogP contribution in [0.15, 0.2) is 36.2 Å². The highest BCUT2D eigenvalue weighted by Crippen LogP contribution is 2.12. The molecule has 0 amide bonds. The van der Waals surface area contributed by atoms with E-state index in [0.717, 1.165) is 0 Å². The van der Waals surface area contributed by atoms with Gasteiger partial charge in [-0.1, -0.05) is 6.07 Å². The van der Waals surface area contributed by atoms with Crippen molar-refractivity contribution in [1.29, 1.82) is 0 Å². The zero-order valence-electron chi connectivity index (χ0n) is 9.89. The van der Waals surface area contributed by atoms with E-state index >= 15 is 0 Å². The smallest absolute Gasteiger partial charge is 0.241 e. The van der Waals surface area contributed by atoms with Crippen LogP contribution < -0.4 is 11.1 Å². The Bertz CT molecular complexity index is 648. The van der Waals surface area contributed by atoms with Crippen LogP contribution in [-0.4, -0.2) is 24.5 Å². The number of imidazole rings is 1. The van der Waals surface area contributed by atoms with Crippen molar-refractivity contribution in [1.82, 2.24) is 24.5 Å². The van der Waals surface area contributed by atoms with Crippen molar-refractivity contribution in [2.45, 2.75) is 6.54 Å². The molecule has 0 fully saturated rings. The predicted octanol–water partition coefficient (Wildman–Crippen LogP) is 1.31. The van der Waals surface area contributed by atoms with E-state index in [1.165, 1.54) is 4.88 Å². The van der Waals surface area contributed by atoms with E-state index < -0.39 is 0 Å². The number of anilines is 2. The van der Waals surface area contributed by atoms with Crippen LogP contribution in [-0.2, 0) is 6.54 Å². The van der Waals surface area contributed by atoms with Gasteiger partial charge in [0.05, 0.1) is 6.54 Å². The van der Waals surface area contributed by atoms with Gasteiger partial charge < -0.3 is 11.1 Å². The average molecular weight is 273 g/mol. The van der Waals surface area contributed by atoms with Gasteiger partial charge in [-0.25, -0.2) is 4.98 Å². The molecule has 3 heterocycles. The van der Waals surface area contributed by atoms with Crippen LogP contribution in [0.1, 0.15) is 4.88 Å². The summed E-state index contributed by atoms with van der Waals surface area (Å²) in [6.45, 7) is 0.657. The first-order valence-electron chi connectivity index (χ1n) is 5.57. The first kappa shape index (κ1) is 11.6. The van der Waals surface area contributed by atoms with Gasteiger partial charge in [-0.3, -0.25) is 4.57 Å². The molecule has 0 bridgehead atoms. The summed E-state index contributed by atoms with van der Waals surface area (Å²) in [5, 5.41) is 5.15. The monoisotopic (exact) mass is 273 g/mol. The molecular formula is C11H11N7S. The van der Waals surface area contributed by atoms with Crippen molar-refractivity contribution in [3.8, 4) is 5.95 Å². The maximum atomic E-state index is 5.68. The first-order chi connectivity index (χ1) is 9.31. The fraction of sp³-hybridized carbons (Fsp3) is 0.0909. The highest BCUT2D eigenvalue weighted by atomic mass is 32.1. The zero-order valence-corrected chi connectivity index (χ0v) is 10.7. The third kappa shape index (κ3) is 2.68. The summed E-state index contributed by atoms with van der Waals surface area (Å²) in [5.41, 5.74) is 5.68. The molecular weight excluding hydrogens is 262 g/mol. The minimum absolute atomic E-state index is 0.173. The van der Waals surface area contributed by atoms with Gasteiger partial charge in [0.2, 0.25) is 17.8 Å². The topological polar surface area (TPSA) is 94.5 Å². The largest absolute Gasteiger partial charge is 0.368 e. The van der Waals surface area contributed by atoms with E-state index in [4.69, 9.17) is 5.73 Å². The number of hydrogen-bond donors (Lipinski definition) is 2. The van der Waals surface area contributed by atoms with E-state index in [0.29, 0.717) is 18.4 Å². The molecule has 0 saturated heterocycles. The molecule has 3 aromatic rings. The zero-order chi connectivity index (χ0) is 13.1. The molecule has 0 aliphatic heterocycles. The lowest BCUT2D eigenvalue weighted by Gasteiger charge is -2.06. The molecule has 3 N–H and O–H groups in total. The normalized spacial score (nSPS) is 10.5. The fourth-order valence-corrected chi connectivity index (χ4v) is 2.18. The van der Waals surface area contributed by atoms with Gasteiger partial charge in [-0.05, 0) is 11.4 Å². The lowest BCUT2D eigenvalue weighted by Crippen LogP contribution is -2.10. The summed E-state index contributed by atoms with van der Waals surface area (Å²) < 4.78 is 1.67. The van der Waals surface area contributed by atoms with Crippen LogP contribution in [0.2, 0.25) is 0 Å². The minimum atomic E-state index is 0.173. The number of thiophene rings is 1. The Kier molecular flexibility index (Phi) is 3.07. The minimum Gasteiger partial charge on any atom is -0.368 e. The first-order valence-corrected chi connectivity index (χ1v) is 6.45. The van der Waals surface area contributed by atoms with Crippen LogP contribution in [0.5, 0.6) is 0 Å². The average Bonchev–Trinajstić information content (AvgIpc) is 3.09. The number of nitrogen functional groups attached to an aromatic ring is 1. The Labute approximate surface area is 113 Å². The molecule has 0 spiro atoms. The second kappa shape index (κ2) is 5.02. The van der Waals surface area contributed by atoms with Crippen molar-refractivity contribution in [3.05, 3.63) is 41.1 Å². The molecule has 0 aliphatic carbocycles. The molecule has 3 rings (SSSR count). The van der Waals surface area contributed by atoms with Crippen molar-refractivity contribution in [2.24, 2.45) is 0 Å². The fourth-order valence-electron chi connectivity index (χ4n) is 1.53. The van der Waals surface area contributed by atoms with Crippen molar-refractivity contribution >= 4 is 23.2 Å². The molecule has 19 heavy (non-hydrogen) atoms. The van der Waals surface area contributed by atoms with Gasteiger partial charge >= 0.3 is 0 Å². The molecule has 0 atom stereocenters. The molecule has 0 unspecified atom stereocenters. The van der Waals surface area contributed by atoms with Gasteiger partial charge in [0.1, 0.15) is 6.33 Å². The third-order valence-electron chi connectivity index (χ3n) is 2.38. The summed E-state index contributed by atoms with van der Waals surface area (Å²) in [4.78, 5) is 17.6. The van der Waals surface area contributed by atoms with Crippen molar-refractivity contribution < 1.29 is 0 Å². The maximum Gasteiger partial charge on any atom is 0.241 e. The molecule has 96 valence electrons. The van der Waals surface area contributed by atoms with Gasteiger partial charge in [0, 0.05) is 17.3 Å². The standard InChI is InChI=1S/C11H11N7S/c12-9-15-10(14-6-8-2-1-5-19-8)17-11(16-9)18-4-3-13-7-18/h1-5,7H,6H2,(H3,12,14,15,16,17). The summed E-state index contributed by atoms with van der Waals surface area (Å²) in [6, 6.07) is 4.04. The SMILES string of the molecule is Nc1nc(NCc2cccs2)nc(-n2ccnc2)n1. The quantitative estimate of drug-likeness (QED) is 0.744. The van der Waals surface area contributed by atoms with Crippen LogP contribution >= 0.6 is 11.3 Å². The van der Waals surface area contributed by atoms with E-state index in [9.17, 15) is 0 Å². The number of nitrogens with one attached hydrogen (secondary N) is 1. The number of hydrogen-bond acceptors (Lipinski definition) is 7. The summed E-state index contributed by atoms with van der Waals surface area (Å²) in [7, 11) is 0. The Morgan fingerprint density at radius 1 is 1.32 bits per heavy atom. The summed E-state index contributed by atoms with van der Waals surface area (Å²) in [6.07, 6.45) is 5.01. The molecule has 0 radical (unpaired) electrons.